The standard InChI is InChI=1S/C18H17ClN2O3/c19-14-3-1-12(2-4-14)10-21-11-13(9-17(21)23)18(24)20-15-5-7-16(22)8-6-15/h1-8,13,22H,9-11H2,(H,20,24). The molecule has 24 heavy (non-hydrogen) atoms. The van der Waals surface area contributed by atoms with Gasteiger partial charge in [-0.1, -0.05) is 23.7 Å². The van der Waals surface area contributed by atoms with Gasteiger partial charge in [0.25, 0.3) is 0 Å². The van der Waals surface area contributed by atoms with Gasteiger partial charge in [-0.3, -0.25) is 9.59 Å². The van der Waals surface area contributed by atoms with E-state index < -0.39 is 0 Å². The summed E-state index contributed by atoms with van der Waals surface area (Å²) in [7, 11) is 0. The lowest BCUT2D eigenvalue weighted by molar-refractivity contribution is -0.128. The first-order valence-corrected chi connectivity index (χ1v) is 8.01. The van der Waals surface area contributed by atoms with E-state index in [1.54, 1.807) is 29.2 Å². The number of rotatable bonds is 4. The first-order chi connectivity index (χ1) is 11.5. The van der Waals surface area contributed by atoms with Crippen LogP contribution in [0.3, 0.4) is 0 Å². The van der Waals surface area contributed by atoms with Gasteiger partial charge in [0, 0.05) is 30.2 Å². The maximum absolute atomic E-state index is 12.3. The molecular weight excluding hydrogens is 328 g/mol. The molecule has 0 bridgehead atoms. The molecule has 2 N–H and O–H groups in total. The van der Waals surface area contributed by atoms with E-state index in [0.717, 1.165) is 5.56 Å². The van der Waals surface area contributed by atoms with Crippen molar-refractivity contribution >= 4 is 29.1 Å². The monoisotopic (exact) mass is 344 g/mol. The van der Waals surface area contributed by atoms with Crippen LogP contribution in [0, 0.1) is 5.92 Å². The summed E-state index contributed by atoms with van der Waals surface area (Å²) < 4.78 is 0. The van der Waals surface area contributed by atoms with Crippen LogP contribution in [0.4, 0.5) is 5.69 Å². The third kappa shape index (κ3) is 3.86. The summed E-state index contributed by atoms with van der Waals surface area (Å²) in [5.41, 5.74) is 1.58. The number of nitrogens with one attached hydrogen (secondary N) is 1. The number of nitrogens with zero attached hydrogens (tertiary/aromatic N) is 1. The van der Waals surface area contributed by atoms with Crippen molar-refractivity contribution in [1.29, 1.82) is 0 Å². The molecule has 1 saturated heterocycles. The first-order valence-electron chi connectivity index (χ1n) is 7.63. The van der Waals surface area contributed by atoms with Crippen molar-refractivity contribution in [3.63, 3.8) is 0 Å². The zero-order valence-electron chi connectivity index (χ0n) is 12.9. The summed E-state index contributed by atoms with van der Waals surface area (Å²) in [4.78, 5) is 26.1. The third-order valence-corrected chi connectivity index (χ3v) is 4.26. The average Bonchev–Trinajstić information content (AvgIpc) is 2.93. The van der Waals surface area contributed by atoms with Crippen LogP contribution < -0.4 is 5.32 Å². The molecule has 0 aliphatic carbocycles. The molecule has 1 unspecified atom stereocenters. The van der Waals surface area contributed by atoms with Gasteiger partial charge in [-0.25, -0.2) is 0 Å². The van der Waals surface area contributed by atoms with Gasteiger partial charge in [-0.15, -0.1) is 0 Å². The van der Waals surface area contributed by atoms with Crippen molar-refractivity contribution in [2.45, 2.75) is 13.0 Å². The van der Waals surface area contributed by atoms with Crippen molar-refractivity contribution in [3.05, 3.63) is 59.1 Å². The molecule has 1 fully saturated rings. The van der Waals surface area contributed by atoms with Gasteiger partial charge in [0.05, 0.1) is 5.92 Å². The number of halogens is 1. The molecule has 1 aliphatic heterocycles. The van der Waals surface area contributed by atoms with Crippen molar-refractivity contribution in [2.75, 3.05) is 11.9 Å². The molecule has 3 rings (SSSR count). The average molecular weight is 345 g/mol. The Morgan fingerprint density at radius 2 is 1.83 bits per heavy atom. The molecule has 124 valence electrons. The van der Waals surface area contributed by atoms with E-state index in [-0.39, 0.29) is 29.9 Å². The number of hydrogen-bond acceptors (Lipinski definition) is 3. The van der Waals surface area contributed by atoms with Gasteiger partial charge in [0.1, 0.15) is 5.75 Å². The molecule has 2 amide bonds. The van der Waals surface area contributed by atoms with Crippen molar-refractivity contribution < 1.29 is 14.7 Å². The Kier molecular flexibility index (Phi) is 4.71. The molecule has 0 spiro atoms. The molecule has 1 aliphatic rings. The molecular formula is C18H17ClN2O3. The fraction of sp³-hybridized carbons (Fsp3) is 0.222. The summed E-state index contributed by atoms with van der Waals surface area (Å²) in [6, 6.07) is 13.6. The number of carbonyl (C=O) groups excluding carboxylic acids is 2. The fourth-order valence-electron chi connectivity index (χ4n) is 2.70. The van der Waals surface area contributed by atoms with Crippen molar-refractivity contribution in [1.82, 2.24) is 4.90 Å². The number of phenolic OH excluding ortho intramolecular Hbond substituents is 1. The Balaban J connectivity index is 1.60. The highest BCUT2D eigenvalue weighted by Crippen LogP contribution is 2.23. The summed E-state index contributed by atoms with van der Waals surface area (Å²) >= 11 is 5.86. The molecule has 2 aromatic carbocycles. The molecule has 0 radical (unpaired) electrons. The largest absolute Gasteiger partial charge is 0.508 e. The van der Waals surface area contributed by atoms with Gasteiger partial charge in [-0.05, 0) is 42.0 Å². The van der Waals surface area contributed by atoms with E-state index in [1.807, 2.05) is 12.1 Å². The fourth-order valence-corrected chi connectivity index (χ4v) is 2.83. The van der Waals surface area contributed by atoms with E-state index in [0.29, 0.717) is 23.8 Å². The topological polar surface area (TPSA) is 69.6 Å². The number of hydrogen-bond donors (Lipinski definition) is 2. The van der Waals surface area contributed by atoms with Crippen LogP contribution in [0.2, 0.25) is 5.02 Å². The van der Waals surface area contributed by atoms with Gasteiger partial charge in [-0.2, -0.15) is 0 Å². The lowest BCUT2D eigenvalue weighted by Crippen LogP contribution is -2.28. The molecule has 1 atom stereocenters. The van der Waals surface area contributed by atoms with E-state index in [4.69, 9.17) is 11.6 Å². The molecule has 0 saturated carbocycles. The predicted octanol–water partition coefficient (Wildman–Crippen LogP) is 3.03. The highest BCUT2D eigenvalue weighted by atomic mass is 35.5. The minimum atomic E-state index is -0.376. The lowest BCUT2D eigenvalue weighted by atomic mass is 10.1. The van der Waals surface area contributed by atoms with E-state index in [2.05, 4.69) is 5.32 Å². The van der Waals surface area contributed by atoms with Crippen LogP contribution in [-0.4, -0.2) is 28.4 Å². The molecule has 1 heterocycles. The predicted molar refractivity (Wildman–Crippen MR) is 91.7 cm³/mol. The van der Waals surface area contributed by atoms with Gasteiger partial charge in [0.2, 0.25) is 11.8 Å². The van der Waals surface area contributed by atoms with Crippen LogP contribution in [0.25, 0.3) is 0 Å². The van der Waals surface area contributed by atoms with E-state index >= 15 is 0 Å². The zero-order chi connectivity index (χ0) is 17.1. The van der Waals surface area contributed by atoms with Crippen LogP contribution in [0.5, 0.6) is 5.75 Å². The third-order valence-electron chi connectivity index (χ3n) is 4.01. The Labute approximate surface area is 144 Å². The van der Waals surface area contributed by atoms with E-state index in [1.165, 1.54) is 12.1 Å². The number of aromatic hydroxyl groups is 1. The van der Waals surface area contributed by atoms with Crippen LogP contribution in [0.1, 0.15) is 12.0 Å². The smallest absolute Gasteiger partial charge is 0.229 e. The molecule has 5 nitrogen and oxygen atoms in total. The van der Waals surface area contributed by atoms with Gasteiger partial charge >= 0.3 is 0 Å². The van der Waals surface area contributed by atoms with Crippen LogP contribution in [0.15, 0.2) is 48.5 Å². The van der Waals surface area contributed by atoms with E-state index in [9.17, 15) is 14.7 Å². The second kappa shape index (κ2) is 6.93. The summed E-state index contributed by atoms with van der Waals surface area (Å²) in [5, 5.41) is 12.7. The lowest BCUT2D eigenvalue weighted by Gasteiger charge is -2.16. The maximum Gasteiger partial charge on any atom is 0.229 e. The quantitative estimate of drug-likeness (QED) is 0.838. The normalized spacial score (nSPS) is 17.1. The highest BCUT2D eigenvalue weighted by molar-refractivity contribution is 6.30. The number of likely N-dealkylation sites (tertiary alicyclic amines) is 1. The van der Waals surface area contributed by atoms with Crippen LogP contribution in [-0.2, 0) is 16.1 Å². The summed E-state index contributed by atoms with van der Waals surface area (Å²) in [6.45, 7) is 0.865. The maximum atomic E-state index is 12.3. The summed E-state index contributed by atoms with van der Waals surface area (Å²) in [5.74, 6) is -0.458. The molecule has 6 heteroatoms. The Morgan fingerprint density at radius 3 is 2.50 bits per heavy atom. The van der Waals surface area contributed by atoms with Crippen molar-refractivity contribution in [2.24, 2.45) is 5.92 Å². The second-order valence-corrected chi connectivity index (χ2v) is 6.27. The molecule has 0 aromatic heterocycles. The number of benzene rings is 2. The SMILES string of the molecule is O=C(Nc1ccc(O)cc1)C1CC(=O)N(Cc2ccc(Cl)cc2)C1. The number of carbonyl (C=O) groups is 2. The number of amides is 2. The van der Waals surface area contributed by atoms with Gasteiger partial charge < -0.3 is 15.3 Å². The first kappa shape index (κ1) is 16.3. The highest BCUT2D eigenvalue weighted by Gasteiger charge is 2.34. The van der Waals surface area contributed by atoms with Crippen LogP contribution >= 0.6 is 11.6 Å². The molecule has 2 aromatic rings. The van der Waals surface area contributed by atoms with Gasteiger partial charge in [0.15, 0.2) is 0 Å². The zero-order valence-corrected chi connectivity index (χ0v) is 13.7. The minimum Gasteiger partial charge on any atom is -0.508 e. The number of phenols is 1. The Hall–Kier alpha value is -2.53. The number of anilines is 1. The minimum absolute atomic E-state index is 0.0317. The Bertz CT molecular complexity index is 744. The summed E-state index contributed by atoms with van der Waals surface area (Å²) in [6.07, 6.45) is 0.206. The van der Waals surface area contributed by atoms with Crippen molar-refractivity contribution in [3.8, 4) is 5.75 Å². The second-order valence-electron chi connectivity index (χ2n) is 5.84. The Morgan fingerprint density at radius 1 is 1.17 bits per heavy atom.